The van der Waals surface area contributed by atoms with Crippen LogP contribution in [0, 0.1) is 0 Å². The number of rotatable bonds is 6. The van der Waals surface area contributed by atoms with Gasteiger partial charge in [-0.1, -0.05) is 18.2 Å². The summed E-state index contributed by atoms with van der Waals surface area (Å²) in [6.07, 6.45) is 2.62. The van der Waals surface area contributed by atoms with Crippen LogP contribution in [0.5, 0.6) is 11.5 Å². The summed E-state index contributed by atoms with van der Waals surface area (Å²) in [4.78, 5) is 8.98. The van der Waals surface area contributed by atoms with E-state index in [0.29, 0.717) is 12.5 Å². The summed E-state index contributed by atoms with van der Waals surface area (Å²) >= 11 is 0. The average molecular weight is 393 g/mol. The number of fused-ring (bicyclic) bond motifs is 1. The SMILES string of the molecule is COc1ccc([C@H]2CCNCC2Nc2ncnc3c(CN)cccc23)cc1OC. The first-order valence-corrected chi connectivity index (χ1v) is 9.87. The summed E-state index contributed by atoms with van der Waals surface area (Å²) in [6.45, 7) is 2.27. The number of ether oxygens (including phenoxy) is 2. The average Bonchev–Trinajstić information content (AvgIpc) is 2.78. The first-order valence-electron chi connectivity index (χ1n) is 9.87. The molecular weight excluding hydrogens is 366 g/mol. The zero-order valence-corrected chi connectivity index (χ0v) is 16.8. The maximum absolute atomic E-state index is 5.89. The number of nitrogens with zero attached hydrogens (tertiary/aromatic N) is 2. The van der Waals surface area contributed by atoms with Crippen molar-refractivity contribution < 1.29 is 9.47 Å². The predicted octanol–water partition coefficient (Wildman–Crippen LogP) is 2.66. The van der Waals surface area contributed by atoms with Gasteiger partial charge in [0.1, 0.15) is 12.1 Å². The van der Waals surface area contributed by atoms with Crippen LogP contribution in [0.15, 0.2) is 42.7 Å². The van der Waals surface area contributed by atoms with Gasteiger partial charge < -0.3 is 25.8 Å². The Kier molecular flexibility index (Phi) is 5.78. The smallest absolute Gasteiger partial charge is 0.160 e. The van der Waals surface area contributed by atoms with E-state index in [2.05, 4.69) is 32.7 Å². The van der Waals surface area contributed by atoms with E-state index in [1.54, 1.807) is 20.5 Å². The Hall–Kier alpha value is -2.90. The van der Waals surface area contributed by atoms with E-state index in [1.165, 1.54) is 5.56 Å². The zero-order valence-electron chi connectivity index (χ0n) is 16.8. The van der Waals surface area contributed by atoms with Crippen molar-refractivity contribution in [3.05, 3.63) is 53.9 Å². The number of nitrogens with two attached hydrogens (primary N) is 1. The summed E-state index contributed by atoms with van der Waals surface area (Å²) in [6, 6.07) is 12.4. The standard InChI is InChI=1S/C22H27N5O2/c1-28-19-7-6-14(10-20(19)29-2)16-8-9-24-12-18(16)27-22-17-5-3-4-15(11-23)21(17)25-13-26-22/h3-7,10,13,16,18,24H,8-9,11-12,23H2,1-2H3,(H,25,26,27)/t16-,18?/m1/s1. The number of benzene rings is 2. The molecule has 4 rings (SSSR count). The van der Waals surface area contributed by atoms with Crippen molar-refractivity contribution in [2.24, 2.45) is 5.73 Å². The predicted molar refractivity (Wildman–Crippen MR) is 115 cm³/mol. The molecule has 2 aromatic carbocycles. The molecule has 0 bridgehead atoms. The normalized spacial score (nSPS) is 19.1. The number of anilines is 1. The van der Waals surface area contributed by atoms with Crippen LogP contribution in [-0.2, 0) is 6.54 Å². The van der Waals surface area contributed by atoms with Crippen molar-refractivity contribution in [3.63, 3.8) is 0 Å². The van der Waals surface area contributed by atoms with Gasteiger partial charge in [-0.25, -0.2) is 9.97 Å². The van der Waals surface area contributed by atoms with Crippen molar-refractivity contribution in [2.75, 3.05) is 32.6 Å². The fourth-order valence-electron chi connectivity index (χ4n) is 4.10. The summed E-state index contributed by atoms with van der Waals surface area (Å²) in [7, 11) is 3.32. The Morgan fingerprint density at radius 2 is 2.00 bits per heavy atom. The lowest BCUT2D eigenvalue weighted by atomic mass is 9.85. The maximum Gasteiger partial charge on any atom is 0.160 e. The highest BCUT2D eigenvalue weighted by Crippen LogP contribution is 2.35. The highest BCUT2D eigenvalue weighted by molar-refractivity contribution is 5.91. The van der Waals surface area contributed by atoms with E-state index in [9.17, 15) is 0 Å². The van der Waals surface area contributed by atoms with Gasteiger partial charge in [-0.3, -0.25) is 0 Å². The fraction of sp³-hybridized carbons (Fsp3) is 0.364. The van der Waals surface area contributed by atoms with Crippen LogP contribution in [-0.4, -0.2) is 43.3 Å². The summed E-state index contributed by atoms with van der Waals surface area (Å²) < 4.78 is 10.9. The van der Waals surface area contributed by atoms with Gasteiger partial charge in [-0.05, 0) is 42.3 Å². The molecule has 29 heavy (non-hydrogen) atoms. The molecule has 0 aliphatic carbocycles. The Morgan fingerprint density at radius 1 is 1.14 bits per heavy atom. The molecule has 1 aliphatic rings. The maximum atomic E-state index is 5.89. The number of hydrogen-bond acceptors (Lipinski definition) is 7. The molecule has 3 aromatic rings. The van der Waals surface area contributed by atoms with Gasteiger partial charge >= 0.3 is 0 Å². The topological polar surface area (TPSA) is 94.3 Å². The lowest BCUT2D eigenvalue weighted by Crippen LogP contribution is -2.44. The van der Waals surface area contributed by atoms with Crippen LogP contribution >= 0.6 is 0 Å². The number of hydrogen-bond donors (Lipinski definition) is 3. The third-order valence-corrected chi connectivity index (χ3v) is 5.61. The van der Waals surface area contributed by atoms with E-state index in [4.69, 9.17) is 15.2 Å². The van der Waals surface area contributed by atoms with Crippen LogP contribution in [0.1, 0.15) is 23.5 Å². The van der Waals surface area contributed by atoms with Gasteiger partial charge in [0.2, 0.25) is 0 Å². The van der Waals surface area contributed by atoms with Crippen molar-refractivity contribution in [1.82, 2.24) is 15.3 Å². The van der Waals surface area contributed by atoms with Crippen molar-refractivity contribution >= 4 is 16.7 Å². The van der Waals surface area contributed by atoms with E-state index >= 15 is 0 Å². The van der Waals surface area contributed by atoms with Crippen molar-refractivity contribution in [3.8, 4) is 11.5 Å². The van der Waals surface area contributed by atoms with Gasteiger partial charge in [0, 0.05) is 30.4 Å². The Bertz CT molecular complexity index is 994. The lowest BCUT2D eigenvalue weighted by molar-refractivity contribution is 0.352. The first-order chi connectivity index (χ1) is 14.2. The molecule has 1 unspecified atom stereocenters. The fourth-order valence-corrected chi connectivity index (χ4v) is 4.10. The molecule has 7 heteroatoms. The molecule has 0 amide bonds. The lowest BCUT2D eigenvalue weighted by Gasteiger charge is -2.34. The minimum absolute atomic E-state index is 0.182. The van der Waals surface area contributed by atoms with Gasteiger partial charge in [-0.15, -0.1) is 0 Å². The van der Waals surface area contributed by atoms with Crippen LogP contribution in [0.2, 0.25) is 0 Å². The van der Waals surface area contributed by atoms with Crippen molar-refractivity contribution in [2.45, 2.75) is 24.9 Å². The molecule has 1 aliphatic heterocycles. The molecule has 0 saturated carbocycles. The second-order valence-corrected chi connectivity index (χ2v) is 7.20. The molecule has 7 nitrogen and oxygen atoms in total. The second kappa shape index (κ2) is 8.63. The molecule has 2 atom stereocenters. The van der Waals surface area contributed by atoms with Gasteiger partial charge in [0.25, 0.3) is 0 Å². The van der Waals surface area contributed by atoms with Gasteiger partial charge in [0.15, 0.2) is 11.5 Å². The third kappa shape index (κ3) is 3.83. The first kappa shape index (κ1) is 19.4. The molecule has 152 valence electrons. The summed E-state index contributed by atoms with van der Waals surface area (Å²) in [5.74, 6) is 2.65. The van der Waals surface area contributed by atoms with Crippen LogP contribution < -0.4 is 25.8 Å². The molecule has 0 spiro atoms. The van der Waals surface area contributed by atoms with E-state index < -0.39 is 0 Å². The Labute approximate surface area is 170 Å². The van der Waals surface area contributed by atoms with Crippen LogP contribution in [0.25, 0.3) is 10.9 Å². The number of nitrogens with one attached hydrogen (secondary N) is 2. The highest BCUT2D eigenvalue weighted by Gasteiger charge is 2.28. The molecule has 0 radical (unpaired) electrons. The van der Waals surface area contributed by atoms with Crippen LogP contribution in [0.4, 0.5) is 5.82 Å². The highest BCUT2D eigenvalue weighted by atomic mass is 16.5. The third-order valence-electron chi connectivity index (χ3n) is 5.61. The van der Waals surface area contributed by atoms with Gasteiger partial charge in [0.05, 0.1) is 19.7 Å². The van der Waals surface area contributed by atoms with Crippen LogP contribution in [0.3, 0.4) is 0 Å². The molecule has 4 N–H and O–H groups in total. The largest absolute Gasteiger partial charge is 0.493 e. The van der Waals surface area contributed by atoms with E-state index in [-0.39, 0.29) is 6.04 Å². The zero-order chi connectivity index (χ0) is 20.2. The molecule has 1 fully saturated rings. The minimum atomic E-state index is 0.182. The molecular formula is C22H27N5O2. The van der Waals surface area contributed by atoms with E-state index in [0.717, 1.165) is 53.3 Å². The molecule has 1 saturated heterocycles. The number of methoxy groups -OCH3 is 2. The quantitative estimate of drug-likeness (QED) is 0.593. The second-order valence-electron chi connectivity index (χ2n) is 7.20. The van der Waals surface area contributed by atoms with Crippen molar-refractivity contribution in [1.29, 1.82) is 0 Å². The van der Waals surface area contributed by atoms with Gasteiger partial charge in [-0.2, -0.15) is 0 Å². The summed E-state index contributed by atoms with van der Waals surface area (Å²) in [5.41, 5.74) is 9.03. The Morgan fingerprint density at radius 3 is 2.79 bits per heavy atom. The molecule has 2 heterocycles. The number of piperidine rings is 1. The minimum Gasteiger partial charge on any atom is -0.493 e. The summed E-state index contributed by atoms with van der Waals surface area (Å²) in [5, 5.41) is 8.15. The molecule has 1 aromatic heterocycles. The monoisotopic (exact) mass is 393 g/mol. The Balaban J connectivity index is 1.67. The number of para-hydroxylation sites is 1. The van der Waals surface area contributed by atoms with E-state index in [1.807, 2.05) is 24.3 Å². The number of aromatic nitrogens is 2.